The Bertz CT molecular complexity index is 592. The van der Waals surface area contributed by atoms with E-state index in [2.05, 4.69) is 21.4 Å². The van der Waals surface area contributed by atoms with Crippen LogP contribution in [0.15, 0.2) is 46.9 Å². The first-order chi connectivity index (χ1) is 9.65. The van der Waals surface area contributed by atoms with Crippen molar-refractivity contribution in [3.05, 3.63) is 63.9 Å². The van der Waals surface area contributed by atoms with Crippen LogP contribution < -0.4 is 16.0 Å². The zero-order chi connectivity index (χ0) is 14.5. The van der Waals surface area contributed by atoms with Gasteiger partial charge in [0.05, 0.1) is 12.6 Å². The molecule has 20 heavy (non-hydrogen) atoms. The summed E-state index contributed by atoms with van der Waals surface area (Å²) in [6.45, 7) is 2.52. The van der Waals surface area contributed by atoms with Crippen LogP contribution in [0.5, 0.6) is 5.75 Å². The lowest BCUT2D eigenvalue weighted by Crippen LogP contribution is -2.29. The highest BCUT2D eigenvalue weighted by Crippen LogP contribution is 2.30. The number of nitrogens with one attached hydrogen (secondary N) is 1. The van der Waals surface area contributed by atoms with Crippen LogP contribution in [0.4, 0.5) is 4.39 Å². The molecule has 3 nitrogen and oxygen atoms in total. The summed E-state index contributed by atoms with van der Waals surface area (Å²) < 4.78 is 19.7. The first kappa shape index (κ1) is 15.0. The first-order valence-electron chi connectivity index (χ1n) is 6.29. The highest BCUT2D eigenvalue weighted by molar-refractivity contribution is 9.10. The predicted octanol–water partition coefficient (Wildman–Crippen LogP) is 3.54. The molecule has 2 aromatic rings. The van der Waals surface area contributed by atoms with Gasteiger partial charge in [-0.2, -0.15) is 0 Å². The average Bonchev–Trinajstić information content (AvgIpc) is 2.44. The molecule has 106 valence electrons. The summed E-state index contributed by atoms with van der Waals surface area (Å²) in [5.74, 6) is 6.11. The molecule has 0 spiro atoms. The van der Waals surface area contributed by atoms with E-state index in [0.717, 1.165) is 21.3 Å². The predicted molar refractivity (Wildman–Crippen MR) is 80.9 cm³/mol. The van der Waals surface area contributed by atoms with Gasteiger partial charge in [-0.05, 0) is 48.4 Å². The van der Waals surface area contributed by atoms with Gasteiger partial charge in [-0.1, -0.05) is 28.1 Å². The maximum absolute atomic E-state index is 13.4. The van der Waals surface area contributed by atoms with Gasteiger partial charge in [-0.3, -0.25) is 5.84 Å². The lowest BCUT2D eigenvalue weighted by atomic mass is 9.99. The van der Waals surface area contributed by atoms with Gasteiger partial charge >= 0.3 is 0 Å². The second-order valence-electron chi connectivity index (χ2n) is 4.27. The molecule has 5 heteroatoms. The van der Waals surface area contributed by atoms with Crippen molar-refractivity contribution in [3.8, 4) is 5.75 Å². The van der Waals surface area contributed by atoms with E-state index in [-0.39, 0.29) is 11.9 Å². The lowest BCUT2D eigenvalue weighted by molar-refractivity contribution is 0.339. The van der Waals surface area contributed by atoms with Gasteiger partial charge in [0.25, 0.3) is 0 Å². The van der Waals surface area contributed by atoms with Crippen LogP contribution in [0.1, 0.15) is 24.1 Å². The molecular weight excluding hydrogens is 323 g/mol. The molecule has 0 bridgehead atoms. The Morgan fingerprint density at radius 1 is 1.30 bits per heavy atom. The zero-order valence-corrected chi connectivity index (χ0v) is 12.7. The van der Waals surface area contributed by atoms with E-state index in [9.17, 15) is 4.39 Å². The number of ether oxygens (including phenoxy) is 1. The average molecular weight is 339 g/mol. The molecule has 0 amide bonds. The van der Waals surface area contributed by atoms with E-state index in [1.54, 1.807) is 6.07 Å². The summed E-state index contributed by atoms with van der Waals surface area (Å²) in [6.07, 6.45) is 0. The van der Waals surface area contributed by atoms with Gasteiger partial charge in [-0.25, -0.2) is 9.82 Å². The summed E-state index contributed by atoms with van der Waals surface area (Å²) in [5, 5.41) is 0. The van der Waals surface area contributed by atoms with Crippen molar-refractivity contribution >= 4 is 15.9 Å². The summed E-state index contributed by atoms with van der Waals surface area (Å²) in [5.41, 5.74) is 4.36. The van der Waals surface area contributed by atoms with Gasteiger partial charge < -0.3 is 4.74 Å². The molecule has 3 N–H and O–H groups in total. The third-order valence-electron chi connectivity index (χ3n) is 2.94. The normalized spacial score (nSPS) is 12.2. The number of rotatable bonds is 5. The SMILES string of the molecule is CCOc1cccc(C(NN)c2cc(F)ccc2Br)c1. The minimum Gasteiger partial charge on any atom is -0.494 e. The molecule has 0 aliphatic heterocycles. The van der Waals surface area contributed by atoms with Crippen molar-refractivity contribution in [1.29, 1.82) is 0 Å². The molecule has 1 unspecified atom stereocenters. The van der Waals surface area contributed by atoms with E-state index in [4.69, 9.17) is 10.6 Å². The van der Waals surface area contributed by atoms with Crippen molar-refractivity contribution in [1.82, 2.24) is 5.43 Å². The molecule has 0 aliphatic carbocycles. The quantitative estimate of drug-likeness (QED) is 0.647. The minimum absolute atomic E-state index is 0.301. The fourth-order valence-corrected chi connectivity index (χ4v) is 2.53. The first-order valence-corrected chi connectivity index (χ1v) is 7.08. The Labute approximate surface area is 126 Å². The number of hydrogen-bond acceptors (Lipinski definition) is 3. The van der Waals surface area contributed by atoms with Gasteiger partial charge in [0.1, 0.15) is 11.6 Å². The number of hydrogen-bond donors (Lipinski definition) is 2. The molecular formula is C15H16BrFN2O. The Morgan fingerprint density at radius 2 is 2.10 bits per heavy atom. The van der Waals surface area contributed by atoms with Gasteiger partial charge in [0.2, 0.25) is 0 Å². The highest BCUT2D eigenvalue weighted by atomic mass is 79.9. The third kappa shape index (κ3) is 3.36. The van der Waals surface area contributed by atoms with Crippen LogP contribution in [-0.4, -0.2) is 6.61 Å². The van der Waals surface area contributed by atoms with Gasteiger partial charge in [-0.15, -0.1) is 0 Å². The van der Waals surface area contributed by atoms with Crippen LogP contribution in [0.3, 0.4) is 0 Å². The maximum Gasteiger partial charge on any atom is 0.123 e. The van der Waals surface area contributed by atoms with Crippen molar-refractivity contribution < 1.29 is 9.13 Å². The Balaban J connectivity index is 2.41. The monoisotopic (exact) mass is 338 g/mol. The minimum atomic E-state index is -0.319. The van der Waals surface area contributed by atoms with Crippen LogP contribution >= 0.6 is 15.9 Å². The number of nitrogens with two attached hydrogens (primary N) is 1. The van der Waals surface area contributed by atoms with E-state index in [1.807, 2.05) is 31.2 Å². The molecule has 0 heterocycles. The van der Waals surface area contributed by atoms with Crippen LogP contribution in [0.25, 0.3) is 0 Å². The second-order valence-corrected chi connectivity index (χ2v) is 5.13. The summed E-state index contributed by atoms with van der Waals surface area (Å²) in [4.78, 5) is 0. The van der Waals surface area contributed by atoms with Crippen molar-refractivity contribution in [3.63, 3.8) is 0 Å². The molecule has 0 radical (unpaired) electrons. The number of benzene rings is 2. The standard InChI is InChI=1S/C15H16BrFN2O/c1-2-20-12-5-3-4-10(8-12)15(19-18)13-9-11(17)6-7-14(13)16/h3-9,15,19H,2,18H2,1H3. The lowest BCUT2D eigenvalue weighted by Gasteiger charge is -2.19. The van der Waals surface area contributed by atoms with E-state index >= 15 is 0 Å². The smallest absolute Gasteiger partial charge is 0.123 e. The van der Waals surface area contributed by atoms with E-state index in [0.29, 0.717) is 6.61 Å². The third-order valence-corrected chi connectivity index (χ3v) is 3.66. The van der Waals surface area contributed by atoms with Crippen molar-refractivity contribution in [2.75, 3.05) is 6.61 Å². The second kappa shape index (κ2) is 6.83. The van der Waals surface area contributed by atoms with Crippen LogP contribution in [-0.2, 0) is 0 Å². The molecule has 1 atom stereocenters. The van der Waals surface area contributed by atoms with E-state index < -0.39 is 0 Å². The fourth-order valence-electron chi connectivity index (χ4n) is 2.05. The van der Waals surface area contributed by atoms with Crippen LogP contribution in [0.2, 0.25) is 0 Å². The Hall–Kier alpha value is -1.43. The highest BCUT2D eigenvalue weighted by Gasteiger charge is 2.16. The maximum atomic E-state index is 13.4. The molecule has 2 aromatic carbocycles. The largest absolute Gasteiger partial charge is 0.494 e. The fraction of sp³-hybridized carbons (Fsp3) is 0.200. The Kier molecular flexibility index (Phi) is 5.11. The molecule has 0 fully saturated rings. The summed E-state index contributed by atoms with van der Waals surface area (Å²) in [7, 11) is 0. The molecule has 0 aromatic heterocycles. The van der Waals surface area contributed by atoms with Crippen LogP contribution in [0, 0.1) is 5.82 Å². The van der Waals surface area contributed by atoms with E-state index in [1.165, 1.54) is 12.1 Å². The molecule has 0 saturated carbocycles. The molecule has 0 aliphatic rings. The number of halogens is 2. The molecule has 0 saturated heterocycles. The van der Waals surface area contributed by atoms with Gasteiger partial charge in [0, 0.05) is 4.47 Å². The van der Waals surface area contributed by atoms with Crippen molar-refractivity contribution in [2.24, 2.45) is 5.84 Å². The topological polar surface area (TPSA) is 47.3 Å². The Morgan fingerprint density at radius 3 is 2.80 bits per heavy atom. The molecule has 2 rings (SSSR count). The van der Waals surface area contributed by atoms with Gasteiger partial charge in [0.15, 0.2) is 0 Å². The number of hydrazine groups is 1. The summed E-state index contributed by atoms with van der Waals surface area (Å²) >= 11 is 3.42. The van der Waals surface area contributed by atoms with Crippen molar-refractivity contribution in [2.45, 2.75) is 13.0 Å². The zero-order valence-electron chi connectivity index (χ0n) is 11.1. The summed E-state index contributed by atoms with van der Waals surface area (Å²) in [6, 6.07) is 11.8.